The number of nitrogens with zero attached hydrogens (tertiary/aromatic N) is 3. The van der Waals surface area contributed by atoms with Crippen LogP contribution in [0, 0.1) is 13.8 Å². The van der Waals surface area contributed by atoms with E-state index < -0.39 is 9.84 Å². The number of aliphatic imine (C=N–C) groups is 1. The average Bonchev–Trinajstić information content (AvgIpc) is 2.65. The second kappa shape index (κ2) is 10.1. The molecule has 0 radical (unpaired) electrons. The van der Waals surface area contributed by atoms with Gasteiger partial charge in [-0.2, -0.15) is 5.10 Å². The molecule has 0 aliphatic rings. The number of nitrogens with one attached hydrogen (secondary N) is 2. The predicted molar refractivity (Wildman–Crippen MR) is 105 cm³/mol. The molecule has 9 heteroatoms. The van der Waals surface area contributed by atoms with Crippen LogP contribution in [-0.2, 0) is 23.4 Å². The fourth-order valence-corrected chi connectivity index (χ4v) is 2.76. The molecule has 0 atom stereocenters. The van der Waals surface area contributed by atoms with E-state index in [9.17, 15) is 8.42 Å². The van der Waals surface area contributed by atoms with Crippen molar-refractivity contribution in [3.63, 3.8) is 0 Å². The third-order valence-corrected chi connectivity index (χ3v) is 4.41. The van der Waals surface area contributed by atoms with Crippen molar-refractivity contribution < 1.29 is 8.42 Å². The molecule has 0 bridgehead atoms. The summed E-state index contributed by atoms with van der Waals surface area (Å²) >= 11 is 0. The van der Waals surface area contributed by atoms with Crippen LogP contribution in [0.25, 0.3) is 0 Å². The standard InChI is InChI=1S/C14H27N5O2S.HI/c1-6-15-14(16-8-7-9-22(5,20)21)17-10-13-11(2)18-19(4)12(13)3;/h6-10H2,1-5H3,(H2,15,16,17);1H. The Labute approximate surface area is 156 Å². The summed E-state index contributed by atoms with van der Waals surface area (Å²) in [5, 5.41) is 10.7. The zero-order valence-corrected chi connectivity index (χ0v) is 17.7. The third-order valence-electron chi connectivity index (χ3n) is 3.38. The highest BCUT2D eigenvalue weighted by molar-refractivity contribution is 14.0. The lowest BCUT2D eigenvalue weighted by Crippen LogP contribution is -2.38. The minimum atomic E-state index is -2.91. The average molecular weight is 457 g/mol. The molecule has 0 spiro atoms. The van der Waals surface area contributed by atoms with Crippen molar-refractivity contribution in [2.45, 2.75) is 33.7 Å². The Morgan fingerprint density at radius 1 is 1.30 bits per heavy atom. The molecule has 1 heterocycles. The molecule has 23 heavy (non-hydrogen) atoms. The molecule has 0 amide bonds. The molecule has 0 saturated carbocycles. The normalized spacial score (nSPS) is 12.0. The van der Waals surface area contributed by atoms with Gasteiger partial charge in [0.2, 0.25) is 0 Å². The van der Waals surface area contributed by atoms with Crippen LogP contribution in [0.15, 0.2) is 4.99 Å². The first-order chi connectivity index (χ1) is 10.2. The van der Waals surface area contributed by atoms with E-state index in [2.05, 4.69) is 20.7 Å². The SMILES string of the molecule is CCNC(=NCc1c(C)nn(C)c1C)NCCCS(C)(=O)=O.I. The maximum atomic E-state index is 11.1. The molecular weight excluding hydrogens is 429 g/mol. The molecular formula is C14H28IN5O2S. The highest BCUT2D eigenvalue weighted by Gasteiger charge is 2.09. The van der Waals surface area contributed by atoms with E-state index in [0.29, 0.717) is 25.5 Å². The molecule has 7 nitrogen and oxygen atoms in total. The highest BCUT2D eigenvalue weighted by Crippen LogP contribution is 2.12. The van der Waals surface area contributed by atoms with E-state index in [1.807, 2.05) is 32.5 Å². The van der Waals surface area contributed by atoms with Crippen LogP contribution in [0.4, 0.5) is 0 Å². The van der Waals surface area contributed by atoms with Crippen molar-refractivity contribution >= 4 is 39.8 Å². The Hall–Kier alpha value is -0.840. The summed E-state index contributed by atoms with van der Waals surface area (Å²) < 4.78 is 24.1. The maximum Gasteiger partial charge on any atom is 0.191 e. The number of aromatic nitrogens is 2. The van der Waals surface area contributed by atoms with E-state index in [1.54, 1.807) is 0 Å². The fraction of sp³-hybridized carbons (Fsp3) is 0.714. The highest BCUT2D eigenvalue weighted by atomic mass is 127. The van der Waals surface area contributed by atoms with E-state index >= 15 is 0 Å². The number of sulfone groups is 1. The van der Waals surface area contributed by atoms with Gasteiger partial charge in [-0.15, -0.1) is 24.0 Å². The minimum Gasteiger partial charge on any atom is -0.357 e. The summed E-state index contributed by atoms with van der Waals surface area (Å²) in [5.41, 5.74) is 3.21. The molecule has 0 fully saturated rings. The van der Waals surface area contributed by atoms with Crippen LogP contribution in [0.1, 0.15) is 30.3 Å². The summed E-state index contributed by atoms with van der Waals surface area (Å²) in [5.74, 6) is 0.874. The van der Waals surface area contributed by atoms with Gasteiger partial charge in [0, 0.05) is 37.7 Å². The maximum absolute atomic E-state index is 11.1. The zero-order chi connectivity index (χ0) is 16.8. The quantitative estimate of drug-likeness (QED) is 0.278. The van der Waals surface area contributed by atoms with Crippen LogP contribution in [0.2, 0.25) is 0 Å². The summed E-state index contributed by atoms with van der Waals surface area (Å²) in [6.07, 6.45) is 1.81. The smallest absolute Gasteiger partial charge is 0.191 e. The van der Waals surface area contributed by atoms with Crippen molar-refractivity contribution in [1.82, 2.24) is 20.4 Å². The van der Waals surface area contributed by atoms with Gasteiger partial charge in [0.25, 0.3) is 0 Å². The number of guanidine groups is 1. The Morgan fingerprint density at radius 2 is 1.96 bits per heavy atom. The van der Waals surface area contributed by atoms with Gasteiger partial charge >= 0.3 is 0 Å². The second-order valence-electron chi connectivity index (χ2n) is 5.38. The van der Waals surface area contributed by atoms with Gasteiger partial charge in [0.05, 0.1) is 18.0 Å². The van der Waals surface area contributed by atoms with Crippen molar-refractivity contribution in [3.05, 3.63) is 17.0 Å². The second-order valence-corrected chi connectivity index (χ2v) is 7.64. The number of halogens is 1. The minimum absolute atomic E-state index is 0. The van der Waals surface area contributed by atoms with E-state index in [4.69, 9.17) is 0 Å². The zero-order valence-electron chi connectivity index (χ0n) is 14.5. The molecule has 1 aromatic heterocycles. The Bertz CT molecular complexity index is 625. The number of rotatable bonds is 7. The Kier molecular flexibility index (Phi) is 9.74. The summed E-state index contributed by atoms with van der Waals surface area (Å²) in [4.78, 5) is 4.54. The summed E-state index contributed by atoms with van der Waals surface area (Å²) in [7, 11) is -0.989. The van der Waals surface area contributed by atoms with Crippen LogP contribution in [-0.4, -0.2) is 49.3 Å². The van der Waals surface area contributed by atoms with Gasteiger partial charge in [0.15, 0.2) is 5.96 Å². The molecule has 1 aromatic rings. The van der Waals surface area contributed by atoms with Crippen molar-refractivity contribution in [1.29, 1.82) is 0 Å². The number of aryl methyl sites for hydroxylation is 2. The largest absolute Gasteiger partial charge is 0.357 e. The van der Waals surface area contributed by atoms with Gasteiger partial charge in [-0.3, -0.25) is 4.68 Å². The van der Waals surface area contributed by atoms with Gasteiger partial charge < -0.3 is 10.6 Å². The molecule has 0 aliphatic carbocycles. The van der Waals surface area contributed by atoms with Crippen molar-refractivity contribution in [3.8, 4) is 0 Å². The molecule has 1 rings (SSSR count). The first kappa shape index (κ1) is 22.2. The summed E-state index contributed by atoms with van der Waals surface area (Å²) in [6.45, 7) is 7.87. The Balaban J connectivity index is 0.00000484. The molecule has 0 saturated heterocycles. The number of hydrogen-bond acceptors (Lipinski definition) is 4. The Morgan fingerprint density at radius 3 is 2.43 bits per heavy atom. The lowest BCUT2D eigenvalue weighted by molar-refractivity contribution is 0.598. The van der Waals surface area contributed by atoms with Crippen LogP contribution in [0.5, 0.6) is 0 Å². The lowest BCUT2D eigenvalue weighted by Gasteiger charge is -2.11. The molecule has 0 unspecified atom stereocenters. The topological polar surface area (TPSA) is 88.4 Å². The molecule has 134 valence electrons. The molecule has 2 N–H and O–H groups in total. The monoisotopic (exact) mass is 457 g/mol. The van der Waals surface area contributed by atoms with Gasteiger partial charge in [0.1, 0.15) is 9.84 Å². The van der Waals surface area contributed by atoms with Crippen LogP contribution in [0.3, 0.4) is 0 Å². The van der Waals surface area contributed by atoms with Crippen molar-refractivity contribution in [2.24, 2.45) is 12.0 Å². The first-order valence-electron chi connectivity index (χ1n) is 7.43. The van der Waals surface area contributed by atoms with Gasteiger partial charge in [-0.1, -0.05) is 0 Å². The fourth-order valence-electron chi connectivity index (χ4n) is 2.09. The summed E-state index contributed by atoms with van der Waals surface area (Å²) in [6, 6.07) is 0. The van der Waals surface area contributed by atoms with Crippen LogP contribution >= 0.6 is 24.0 Å². The van der Waals surface area contributed by atoms with Crippen molar-refractivity contribution in [2.75, 3.05) is 25.1 Å². The third kappa shape index (κ3) is 8.00. The van der Waals surface area contributed by atoms with E-state index in [-0.39, 0.29) is 29.7 Å². The van der Waals surface area contributed by atoms with Crippen LogP contribution < -0.4 is 10.6 Å². The predicted octanol–water partition coefficient (Wildman–Crippen LogP) is 1.14. The van der Waals surface area contributed by atoms with Gasteiger partial charge in [-0.25, -0.2) is 13.4 Å². The molecule has 0 aromatic carbocycles. The van der Waals surface area contributed by atoms with Gasteiger partial charge in [-0.05, 0) is 27.2 Å². The number of hydrogen-bond donors (Lipinski definition) is 2. The van der Waals surface area contributed by atoms with E-state index in [0.717, 1.165) is 23.5 Å². The first-order valence-corrected chi connectivity index (χ1v) is 9.49. The van der Waals surface area contributed by atoms with E-state index in [1.165, 1.54) is 6.26 Å². The lowest BCUT2D eigenvalue weighted by atomic mass is 10.2. The molecule has 0 aliphatic heterocycles.